The summed E-state index contributed by atoms with van der Waals surface area (Å²) in [4.78, 5) is 25.4. The molecule has 0 aromatic rings. The Morgan fingerprint density at radius 2 is 1.90 bits per heavy atom. The third-order valence-electron chi connectivity index (χ3n) is 7.61. The molecule has 0 amide bonds. The van der Waals surface area contributed by atoms with Gasteiger partial charge in [0.2, 0.25) is 0 Å². The Bertz CT molecular complexity index is 534. The average Bonchev–Trinajstić information content (AvgIpc) is 2.73. The van der Waals surface area contributed by atoms with E-state index in [4.69, 9.17) is 0 Å². The van der Waals surface area contributed by atoms with Gasteiger partial charge in [0.05, 0.1) is 0 Å². The molecule has 0 heterocycles. The van der Waals surface area contributed by atoms with Crippen LogP contribution in [-0.4, -0.2) is 11.6 Å². The summed E-state index contributed by atoms with van der Waals surface area (Å²) >= 11 is 0. The number of carbonyl (C=O) groups excluding carboxylic acids is 2. The van der Waals surface area contributed by atoms with Crippen LogP contribution >= 0.6 is 0 Å². The van der Waals surface area contributed by atoms with Crippen LogP contribution in [0, 0.1) is 34.5 Å². The van der Waals surface area contributed by atoms with Gasteiger partial charge in [-0.05, 0) is 55.3 Å². The fourth-order valence-electron chi connectivity index (χ4n) is 6.44. The molecule has 0 aliphatic heterocycles. The summed E-state index contributed by atoms with van der Waals surface area (Å²) in [5, 5.41) is 0. The van der Waals surface area contributed by atoms with Crippen molar-refractivity contribution >= 4 is 11.6 Å². The maximum absolute atomic E-state index is 13.0. The van der Waals surface area contributed by atoms with Crippen molar-refractivity contribution in [3.8, 4) is 0 Å². The highest BCUT2D eigenvalue weighted by atomic mass is 16.1. The van der Waals surface area contributed by atoms with Gasteiger partial charge in [-0.1, -0.05) is 26.0 Å². The Kier molecular flexibility index (Phi) is 2.81. The molecule has 114 valence electrons. The predicted octanol–water partition coefficient (Wildman–Crippen LogP) is 3.94. The third kappa shape index (κ3) is 1.65. The van der Waals surface area contributed by atoms with Crippen LogP contribution in [0.1, 0.15) is 58.8 Å². The van der Waals surface area contributed by atoms with Crippen molar-refractivity contribution in [2.75, 3.05) is 0 Å². The van der Waals surface area contributed by atoms with Crippen LogP contribution < -0.4 is 0 Å². The fourth-order valence-corrected chi connectivity index (χ4v) is 6.44. The van der Waals surface area contributed by atoms with Crippen LogP contribution in [0.5, 0.6) is 0 Å². The molecule has 3 saturated carbocycles. The first-order valence-corrected chi connectivity index (χ1v) is 8.68. The molecular weight excluding hydrogens is 260 g/mol. The van der Waals surface area contributed by atoms with E-state index in [1.54, 1.807) is 0 Å². The second kappa shape index (κ2) is 4.30. The van der Waals surface area contributed by atoms with Gasteiger partial charge in [0, 0.05) is 24.2 Å². The molecule has 0 aromatic heterocycles. The highest BCUT2D eigenvalue weighted by Gasteiger charge is 2.62. The van der Waals surface area contributed by atoms with E-state index in [0.717, 1.165) is 25.7 Å². The zero-order valence-electron chi connectivity index (χ0n) is 13.2. The number of carbonyl (C=O) groups is 2. The Balaban J connectivity index is 1.75. The van der Waals surface area contributed by atoms with Gasteiger partial charge in [0.25, 0.3) is 0 Å². The standard InChI is InChI=1S/C19H26O2/c1-18-10-4-3-5-12(18)6-7-13-14-8-9-16(21)19(14,2)11-15(20)17(13)18/h3-4,12-14,17H,5-11H2,1-2H3/t12-,13-,14-,17+,18-,19-/m0/s1. The van der Waals surface area contributed by atoms with Gasteiger partial charge >= 0.3 is 0 Å². The lowest BCUT2D eigenvalue weighted by Crippen LogP contribution is -2.56. The Hall–Kier alpha value is -0.920. The van der Waals surface area contributed by atoms with Crippen molar-refractivity contribution in [2.24, 2.45) is 34.5 Å². The molecule has 0 aromatic carbocycles. The number of ketones is 2. The average molecular weight is 286 g/mol. The molecule has 0 saturated heterocycles. The normalized spacial score (nSPS) is 52.3. The SMILES string of the molecule is C[C@]12CC=CC[C@H]1CC[C@@H]1[C@@H]2C(=O)C[C@]2(C)C(=O)CC[C@@H]12. The summed E-state index contributed by atoms with van der Waals surface area (Å²) < 4.78 is 0. The maximum Gasteiger partial charge on any atom is 0.139 e. The zero-order valence-corrected chi connectivity index (χ0v) is 13.2. The van der Waals surface area contributed by atoms with Crippen molar-refractivity contribution in [3.05, 3.63) is 12.2 Å². The highest BCUT2D eigenvalue weighted by Crippen LogP contribution is 2.63. The molecule has 0 N–H and O–H groups in total. The minimum absolute atomic E-state index is 0.154. The summed E-state index contributed by atoms with van der Waals surface area (Å²) in [6, 6.07) is 0. The maximum atomic E-state index is 13.0. The molecule has 0 radical (unpaired) electrons. The van der Waals surface area contributed by atoms with E-state index in [1.165, 1.54) is 6.42 Å². The van der Waals surface area contributed by atoms with Crippen LogP contribution in [0.25, 0.3) is 0 Å². The van der Waals surface area contributed by atoms with Crippen molar-refractivity contribution in [1.29, 1.82) is 0 Å². The van der Waals surface area contributed by atoms with E-state index in [9.17, 15) is 9.59 Å². The van der Waals surface area contributed by atoms with Gasteiger partial charge < -0.3 is 0 Å². The summed E-state index contributed by atoms with van der Waals surface area (Å²) in [5.74, 6) is 2.58. The first-order chi connectivity index (χ1) is 9.97. The van der Waals surface area contributed by atoms with Crippen molar-refractivity contribution < 1.29 is 9.59 Å². The highest BCUT2D eigenvalue weighted by molar-refractivity contribution is 5.95. The van der Waals surface area contributed by atoms with Gasteiger partial charge in [-0.25, -0.2) is 0 Å². The summed E-state index contributed by atoms with van der Waals surface area (Å²) in [6.45, 7) is 4.44. The number of hydrogen-bond acceptors (Lipinski definition) is 2. The fraction of sp³-hybridized carbons (Fsp3) is 0.789. The summed E-state index contributed by atoms with van der Waals surface area (Å²) in [5.41, 5.74) is -0.173. The lowest BCUT2D eigenvalue weighted by molar-refractivity contribution is -0.156. The molecule has 4 rings (SSSR count). The second-order valence-electron chi connectivity index (χ2n) is 8.46. The summed E-state index contributed by atoms with van der Waals surface area (Å²) in [6.07, 6.45) is 11.5. The Labute approximate surface area is 127 Å². The second-order valence-corrected chi connectivity index (χ2v) is 8.46. The van der Waals surface area contributed by atoms with Crippen LogP contribution in [-0.2, 0) is 9.59 Å². The molecule has 0 spiro atoms. The van der Waals surface area contributed by atoms with Gasteiger partial charge in [0.15, 0.2) is 0 Å². The molecule has 0 bridgehead atoms. The molecule has 3 fully saturated rings. The monoisotopic (exact) mass is 286 g/mol. The van der Waals surface area contributed by atoms with E-state index in [0.29, 0.717) is 42.2 Å². The molecule has 4 aliphatic rings. The number of Topliss-reactive ketones (excluding diaryl/α,β-unsaturated/α-hetero) is 2. The minimum Gasteiger partial charge on any atom is -0.299 e. The quantitative estimate of drug-likeness (QED) is 0.632. The molecule has 4 aliphatic carbocycles. The van der Waals surface area contributed by atoms with E-state index >= 15 is 0 Å². The van der Waals surface area contributed by atoms with Crippen molar-refractivity contribution in [2.45, 2.75) is 58.8 Å². The van der Waals surface area contributed by atoms with Crippen LogP contribution in [0.4, 0.5) is 0 Å². The van der Waals surface area contributed by atoms with Gasteiger partial charge in [-0.3, -0.25) is 9.59 Å². The predicted molar refractivity (Wildman–Crippen MR) is 81.6 cm³/mol. The largest absolute Gasteiger partial charge is 0.299 e. The molecule has 6 atom stereocenters. The zero-order chi connectivity index (χ0) is 14.8. The smallest absolute Gasteiger partial charge is 0.139 e. The third-order valence-corrected chi connectivity index (χ3v) is 7.61. The van der Waals surface area contributed by atoms with E-state index < -0.39 is 0 Å². The summed E-state index contributed by atoms with van der Waals surface area (Å²) in [7, 11) is 0. The lowest BCUT2D eigenvalue weighted by atomic mass is 9.45. The molecular formula is C19H26O2. The number of hydrogen-bond donors (Lipinski definition) is 0. The Morgan fingerprint density at radius 3 is 2.71 bits per heavy atom. The first kappa shape index (κ1) is 13.7. The van der Waals surface area contributed by atoms with Crippen molar-refractivity contribution in [3.63, 3.8) is 0 Å². The number of allylic oxidation sites excluding steroid dienone is 2. The molecule has 0 unspecified atom stereocenters. The van der Waals surface area contributed by atoms with Gasteiger partial charge in [-0.2, -0.15) is 0 Å². The minimum atomic E-state index is -0.327. The van der Waals surface area contributed by atoms with Crippen LogP contribution in [0.3, 0.4) is 0 Å². The van der Waals surface area contributed by atoms with Gasteiger partial charge in [0.1, 0.15) is 11.6 Å². The molecule has 2 heteroatoms. The van der Waals surface area contributed by atoms with E-state index in [-0.39, 0.29) is 16.7 Å². The topological polar surface area (TPSA) is 34.1 Å². The van der Waals surface area contributed by atoms with E-state index in [2.05, 4.69) is 26.0 Å². The number of rotatable bonds is 0. The lowest BCUT2D eigenvalue weighted by Gasteiger charge is -2.57. The van der Waals surface area contributed by atoms with Crippen LogP contribution in [0.2, 0.25) is 0 Å². The van der Waals surface area contributed by atoms with E-state index in [1.807, 2.05) is 0 Å². The Morgan fingerprint density at radius 1 is 1.10 bits per heavy atom. The molecule has 21 heavy (non-hydrogen) atoms. The first-order valence-electron chi connectivity index (χ1n) is 8.68. The van der Waals surface area contributed by atoms with Crippen molar-refractivity contribution in [1.82, 2.24) is 0 Å². The van der Waals surface area contributed by atoms with Crippen LogP contribution in [0.15, 0.2) is 12.2 Å². The molecule has 2 nitrogen and oxygen atoms in total. The number of fused-ring (bicyclic) bond motifs is 5. The van der Waals surface area contributed by atoms with Gasteiger partial charge in [-0.15, -0.1) is 0 Å².